The Morgan fingerprint density at radius 1 is 1.19 bits per heavy atom. The number of aromatic nitrogens is 4. The number of allylic oxidation sites excluding steroid dienone is 2. The number of hydrogen-bond acceptors (Lipinski definition) is 4. The maximum Gasteiger partial charge on any atom is 0.332 e. The number of nitrogens with one attached hydrogen (secondary N) is 1. The molecule has 0 aliphatic heterocycles. The molecule has 1 aromatic carbocycles. The Balaban J connectivity index is 2.14. The number of rotatable bonds is 5. The highest BCUT2D eigenvalue weighted by atomic mass is 35.5. The van der Waals surface area contributed by atoms with Gasteiger partial charge in [-0.05, 0) is 12.5 Å². The van der Waals surface area contributed by atoms with Crippen LogP contribution in [0.2, 0.25) is 0 Å². The minimum atomic E-state index is -0.411. The SMILES string of the molecule is C/C(Cl)=C/Cn1c(NCc2ccccc2)nc2c1c(=O)n(C)c(=O)n2C. The minimum Gasteiger partial charge on any atom is -0.351 e. The third-order valence-electron chi connectivity index (χ3n) is 4.20. The van der Waals surface area contributed by atoms with E-state index in [1.807, 2.05) is 30.3 Å². The second-order valence-electron chi connectivity index (χ2n) is 6.05. The van der Waals surface area contributed by atoms with Crippen LogP contribution in [0.1, 0.15) is 12.5 Å². The normalized spacial score (nSPS) is 11.9. The number of hydrogen-bond donors (Lipinski definition) is 1. The first-order chi connectivity index (χ1) is 12.4. The van der Waals surface area contributed by atoms with Crippen LogP contribution in [0.25, 0.3) is 11.2 Å². The summed E-state index contributed by atoms with van der Waals surface area (Å²) in [5.74, 6) is 0.510. The Bertz CT molecular complexity index is 1090. The smallest absolute Gasteiger partial charge is 0.332 e. The van der Waals surface area contributed by atoms with Gasteiger partial charge in [-0.15, -0.1) is 0 Å². The van der Waals surface area contributed by atoms with E-state index < -0.39 is 5.69 Å². The summed E-state index contributed by atoms with van der Waals surface area (Å²) in [7, 11) is 3.06. The average molecular weight is 374 g/mol. The molecule has 0 saturated carbocycles. The fraction of sp³-hybridized carbons (Fsp3) is 0.278. The van der Waals surface area contributed by atoms with E-state index in [1.54, 1.807) is 24.6 Å². The molecule has 3 rings (SSSR count). The van der Waals surface area contributed by atoms with Crippen molar-refractivity contribution >= 4 is 28.7 Å². The van der Waals surface area contributed by atoms with Crippen molar-refractivity contribution in [3.63, 3.8) is 0 Å². The lowest BCUT2D eigenvalue weighted by molar-refractivity contribution is 0.703. The van der Waals surface area contributed by atoms with E-state index in [2.05, 4.69) is 10.3 Å². The largest absolute Gasteiger partial charge is 0.351 e. The summed E-state index contributed by atoms with van der Waals surface area (Å²) < 4.78 is 4.20. The van der Waals surface area contributed by atoms with Crippen LogP contribution in [0.4, 0.5) is 5.95 Å². The molecule has 3 aromatic rings. The number of imidazole rings is 1. The van der Waals surface area contributed by atoms with Crippen LogP contribution in [0, 0.1) is 0 Å². The highest BCUT2D eigenvalue weighted by molar-refractivity contribution is 6.29. The van der Waals surface area contributed by atoms with E-state index in [-0.39, 0.29) is 5.56 Å². The van der Waals surface area contributed by atoms with Crippen LogP contribution in [0.5, 0.6) is 0 Å². The van der Waals surface area contributed by atoms with E-state index in [9.17, 15) is 9.59 Å². The van der Waals surface area contributed by atoms with Gasteiger partial charge < -0.3 is 9.88 Å². The number of halogens is 1. The number of fused-ring (bicyclic) bond motifs is 1. The highest BCUT2D eigenvalue weighted by Gasteiger charge is 2.18. The molecule has 0 saturated heterocycles. The molecule has 0 atom stereocenters. The molecule has 136 valence electrons. The number of nitrogens with zero attached hydrogens (tertiary/aromatic N) is 4. The monoisotopic (exact) mass is 373 g/mol. The number of aryl methyl sites for hydroxylation is 1. The first-order valence-electron chi connectivity index (χ1n) is 8.16. The molecule has 7 nitrogen and oxygen atoms in total. The van der Waals surface area contributed by atoms with Crippen LogP contribution in [-0.4, -0.2) is 18.7 Å². The molecule has 0 fully saturated rings. The predicted molar refractivity (Wildman–Crippen MR) is 104 cm³/mol. The van der Waals surface area contributed by atoms with Gasteiger partial charge in [0.15, 0.2) is 11.2 Å². The van der Waals surface area contributed by atoms with Gasteiger partial charge in [0.25, 0.3) is 5.56 Å². The van der Waals surface area contributed by atoms with Gasteiger partial charge in [0.2, 0.25) is 5.95 Å². The van der Waals surface area contributed by atoms with E-state index in [4.69, 9.17) is 11.6 Å². The molecule has 1 N–H and O–H groups in total. The second kappa shape index (κ2) is 7.21. The summed E-state index contributed by atoms with van der Waals surface area (Å²) in [5.41, 5.74) is 0.986. The first-order valence-corrected chi connectivity index (χ1v) is 8.54. The van der Waals surface area contributed by atoms with Gasteiger partial charge in [-0.1, -0.05) is 48.0 Å². The zero-order valence-corrected chi connectivity index (χ0v) is 15.6. The highest BCUT2D eigenvalue weighted by Crippen LogP contribution is 2.17. The lowest BCUT2D eigenvalue weighted by Crippen LogP contribution is -2.37. The van der Waals surface area contributed by atoms with Gasteiger partial charge >= 0.3 is 5.69 Å². The van der Waals surface area contributed by atoms with Gasteiger partial charge in [0.1, 0.15) is 0 Å². The van der Waals surface area contributed by atoms with Gasteiger partial charge in [-0.3, -0.25) is 13.9 Å². The van der Waals surface area contributed by atoms with Crippen molar-refractivity contribution in [1.82, 2.24) is 18.7 Å². The molecule has 0 aliphatic carbocycles. The lowest BCUT2D eigenvalue weighted by atomic mass is 10.2. The van der Waals surface area contributed by atoms with Crippen LogP contribution < -0.4 is 16.6 Å². The molecular formula is C18H20ClN5O2. The number of benzene rings is 1. The third kappa shape index (κ3) is 3.30. The Labute approximate surface area is 155 Å². The van der Waals surface area contributed by atoms with E-state index in [0.29, 0.717) is 35.2 Å². The fourth-order valence-corrected chi connectivity index (χ4v) is 2.82. The fourth-order valence-electron chi connectivity index (χ4n) is 2.75. The maximum absolute atomic E-state index is 12.7. The predicted octanol–water partition coefficient (Wildman–Crippen LogP) is 2.19. The van der Waals surface area contributed by atoms with Crippen molar-refractivity contribution in [2.75, 3.05) is 5.32 Å². The molecule has 0 spiro atoms. The summed E-state index contributed by atoms with van der Waals surface area (Å²) in [6.07, 6.45) is 1.79. The minimum absolute atomic E-state index is 0.342. The molecule has 0 amide bonds. The van der Waals surface area contributed by atoms with Crippen LogP contribution in [-0.2, 0) is 27.2 Å². The second-order valence-corrected chi connectivity index (χ2v) is 6.65. The quantitative estimate of drug-likeness (QED) is 0.744. The van der Waals surface area contributed by atoms with Gasteiger partial charge in [-0.25, -0.2) is 4.79 Å². The lowest BCUT2D eigenvalue weighted by Gasteiger charge is -2.09. The zero-order valence-electron chi connectivity index (χ0n) is 14.9. The molecule has 0 bridgehead atoms. The molecule has 0 unspecified atom stereocenters. The van der Waals surface area contributed by atoms with Crippen molar-refractivity contribution in [2.24, 2.45) is 14.1 Å². The van der Waals surface area contributed by atoms with Crippen molar-refractivity contribution in [3.8, 4) is 0 Å². The summed E-state index contributed by atoms with van der Waals surface area (Å²) >= 11 is 5.97. The summed E-state index contributed by atoms with van der Waals surface area (Å²) in [6.45, 7) is 2.68. The molecule has 2 heterocycles. The molecular weight excluding hydrogens is 354 g/mol. The maximum atomic E-state index is 12.7. The molecule has 0 radical (unpaired) electrons. The molecule has 26 heavy (non-hydrogen) atoms. The molecule has 2 aromatic heterocycles. The Hall–Kier alpha value is -2.80. The van der Waals surface area contributed by atoms with Crippen molar-refractivity contribution < 1.29 is 0 Å². The zero-order chi connectivity index (χ0) is 18.8. The Kier molecular flexibility index (Phi) is 4.99. The third-order valence-corrected chi connectivity index (χ3v) is 4.35. The topological polar surface area (TPSA) is 73.8 Å². The van der Waals surface area contributed by atoms with E-state index in [0.717, 1.165) is 10.1 Å². The van der Waals surface area contributed by atoms with Crippen molar-refractivity contribution in [3.05, 3.63) is 67.8 Å². The molecule has 8 heteroatoms. The van der Waals surface area contributed by atoms with Gasteiger partial charge in [0, 0.05) is 32.2 Å². The summed E-state index contributed by atoms with van der Waals surface area (Å²) in [6, 6.07) is 9.86. The summed E-state index contributed by atoms with van der Waals surface area (Å²) in [5, 5.41) is 3.87. The van der Waals surface area contributed by atoms with Crippen LogP contribution in [0.15, 0.2) is 51.0 Å². The van der Waals surface area contributed by atoms with Gasteiger partial charge in [-0.2, -0.15) is 4.98 Å². The van der Waals surface area contributed by atoms with E-state index in [1.165, 1.54) is 11.6 Å². The van der Waals surface area contributed by atoms with Crippen molar-refractivity contribution in [1.29, 1.82) is 0 Å². The van der Waals surface area contributed by atoms with Crippen LogP contribution >= 0.6 is 11.6 Å². The Morgan fingerprint density at radius 3 is 2.54 bits per heavy atom. The number of anilines is 1. The van der Waals surface area contributed by atoms with E-state index >= 15 is 0 Å². The van der Waals surface area contributed by atoms with Crippen molar-refractivity contribution in [2.45, 2.75) is 20.0 Å². The molecule has 0 aliphatic rings. The van der Waals surface area contributed by atoms with Crippen LogP contribution in [0.3, 0.4) is 0 Å². The average Bonchev–Trinajstić information content (AvgIpc) is 3.00. The first kappa shape index (κ1) is 18.0. The Morgan fingerprint density at radius 2 is 1.88 bits per heavy atom. The van der Waals surface area contributed by atoms with Gasteiger partial charge in [0.05, 0.1) is 0 Å². The standard InChI is InChI=1S/C18H20ClN5O2/c1-12(19)9-10-24-14-15(22(2)18(26)23(3)16(14)25)21-17(24)20-11-13-7-5-4-6-8-13/h4-9H,10-11H2,1-3H3,(H,20,21)/b12-9-. The summed E-state index contributed by atoms with van der Waals surface area (Å²) in [4.78, 5) is 29.4.